The van der Waals surface area contributed by atoms with Gasteiger partial charge in [-0.05, 0) is 63.1 Å². The molecule has 1 aliphatic rings. The number of aromatic hydroxyl groups is 2. The van der Waals surface area contributed by atoms with Crippen molar-refractivity contribution in [3.05, 3.63) is 89.3 Å². The molecule has 8 heteroatoms. The molecule has 3 N–H and O–H groups in total. The van der Waals surface area contributed by atoms with Gasteiger partial charge in [-0.3, -0.25) is 0 Å². The van der Waals surface area contributed by atoms with Gasteiger partial charge in [0.2, 0.25) is 0 Å². The van der Waals surface area contributed by atoms with E-state index in [-0.39, 0.29) is 28.2 Å². The van der Waals surface area contributed by atoms with Gasteiger partial charge in [-0.15, -0.1) is 0 Å². The lowest BCUT2D eigenvalue weighted by Crippen LogP contribution is -2.34. The zero-order chi connectivity index (χ0) is 24.4. The second-order valence-electron chi connectivity index (χ2n) is 8.15. The number of hydrogen-bond acceptors (Lipinski definition) is 5. The maximum atomic E-state index is 13.2. The van der Waals surface area contributed by atoms with E-state index in [0.717, 1.165) is 0 Å². The average molecular weight is 576 g/mol. The van der Waals surface area contributed by atoms with Crippen LogP contribution in [0.1, 0.15) is 59.7 Å². The fourth-order valence-corrected chi connectivity index (χ4v) is 6.55. The van der Waals surface area contributed by atoms with Gasteiger partial charge in [-0.1, -0.05) is 37.9 Å². The topological polar surface area (TPSA) is 104 Å². The number of carboxylic acids is 1. The molecular formula is C25H20Br2O6. The van der Waals surface area contributed by atoms with Crippen LogP contribution in [0.5, 0.6) is 11.5 Å². The van der Waals surface area contributed by atoms with Crippen LogP contribution < -0.4 is 0 Å². The maximum absolute atomic E-state index is 13.2. The van der Waals surface area contributed by atoms with Crippen LogP contribution in [0.2, 0.25) is 0 Å². The van der Waals surface area contributed by atoms with E-state index in [1.165, 1.54) is 18.2 Å². The molecule has 0 saturated heterocycles. The molecule has 3 aromatic carbocycles. The van der Waals surface area contributed by atoms with Crippen molar-refractivity contribution in [2.45, 2.75) is 33.3 Å². The highest BCUT2D eigenvalue weighted by atomic mass is 79.9. The van der Waals surface area contributed by atoms with Gasteiger partial charge in [-0.2, -0.15) is 0 Å². The third kappa shape index (κ3) is 3.19. The summed E-state index contributed by atoms with van der Waals surface area (Å²) in [5, 5.41) is 31.7. The van der Waals surface area contributed by atoms with E-state index in [1.807, 2.05) is 0 Å². The van der Waals surface area contributed by atoms with Gasteiger partial charge in [0.05, 0.1) is 11.1 Å². The molecule has 33 heavy (non-hydrogen) atoms. The first kappa shape index (κ1) is 23.3. The lowest BCUT2D eigenvalue weighted by Gasteiger charge is -2.36. The van der Waals surface area contributed by atoms with E-state index in [9.17, 15) is 24.9 Å². The minimum Gasteiger partial charge on any atom is -0.507 e. The van der Waals surface area contributed by atoms with Crippen molar-refractivity contribution in [3.8, 4) is 11.5 Å². The van der Waals surface area contributed by atoms with Gasteiger partial charge in [0, 0.05) is 36.8 Å². The molecule has 0 aliphatic carbocycles. The smallest absolute Gasteiger partial charge is 0.340 e. The molecule has 0 amide bonds. The van der Waals surface area contributed by atoms with E-state index in [2.05, 4.69) is 31.9 Å². The molecule has 1 heterocycles. The highest BCUT2D eigenvalue weighted by molar-refractivity contribution is 9.10. The first-order valence-corrected chi connectivity index (χ1v) is 11.6. The predicted molar refractivity (Wildman–Crippen MR) is 129 cm³/mol. The van der Waals surface area contributed by atoms with Gasteiger partial charge in [0.25, 0.3) is 0 Å². The van der Waals surface area contributed by atoms with Crippen molar-refractivity contribution in [1.29, 1.82) is 0 Å². The summed E-state index contributed by atoms with van der Waals surface area (Å²) in [6.07, 6.45) is 0. The number of carbonyl (C=O) groups is 2. The normalized spacial score (nSPS) is 14.2. The van der Waals surface area contributed by atoms with Crippen LogP contribution in [0.4, 0.5) is 0 Å². The summed E-state index contributed by atoms with van der Waals surface area (Å²) in [4.78, 5) is 25.5. The number of halogens is 2. The third-order valence-corrected chi connectivity index (χ3v) is 7.44. The standard InChI is InChI=1S/C25H20Br2O6/c1-10-8-16(26)18(12(3)21(10)28)25(19-13(4)22(29)11(2)9-17(19)27)20-14(23(30)31)6-5-7-15(20)24(32)33-25/h5-9,28-29H,1-4H3,(H,30,31). The number of ether oxygens (including phenoxy) is 1. The number of cyclic esters (lactones) is 1. The van der Waals surface area contributed by atoms with E-state index >= 15 is 0 Å². The Hall–Kier alpha value is -2.84. The summed E-state index contributed by atoms with van der Waals surface area (Å²) >= 11 is 7.13. The highest BCUT2D eigenvalue weighted by Gasteiger charge is 2.54. The summed E-state index contributed by atoms with van der Waals surface area (Å²) < 4.78 is 7.14. The fourth-order valence-electron chi connectivity index (χ4n) is 4.71. The Morgan fingerprint density at radius 1 is 0.879 bits per heavy atom. The number of phenolic OH excluding ortho intramolecular Hbond substituents is 2. The van der Waals surface area contributed by atoms with Gasteiger partial charge >= 0.3 is 11.9 Å². The largest absolute Gasteiger partial charge is 0.507 e. The number of rotatable bonds is 3. The lowest BCUT2D eigenvalue weighted by atomic mass is 9.74. The van der Waals surface area contributed by atoms with E-state index < -0.39 is 17.5 Å². The molecule has 0 radical (unpaired) electrons. The van der Waals surface area contributed by atoms with E-state index in [0.29, 0.717) is 42.3 Å². The third-order valence-electron chi connectivity index (χ3n) is 6.19. The molecular weight excluding hydrogens is 556 g/mol. The van der Waals surface area contributed by atoms with Crippen LogP contribution in [-0.2, 0) is 10.3 Å². The van der Waals surface area contributed by atoms with Crippen LogP contribution in [0.3, 0.4) is 0 Å². The van der Waals surface area contributed by atoms with Crippen LogP contribution >= 0.6 is 31.9 Å². The SMILES string of the molecule is Cc1cc(Br)c(C2(c3c(Br)cc(C)c(O)c3C)OC(=O)c3cccc(C(=O)O)c32)c(C)c1O. The number of hydrogen-bond donors (Lipinski definition) is 3. The maximum Gasteiger partial charge on any atom is 0.340 e. The lowest BCUT2D eigenvalue weighted by molar-refractivity contribution is 0.0237. The second-order valence-corrected chi connectivity index (χ2v) is 9.86. The first-order chi connectivity index (χ1) is 15.4. The molecule has 0 fully saturated rings. The first-order valence-electron chi connectivity index (χ1n) is 10.0. The van der Waals surface area contributed by atoms with Crippen LogP contribution in [0, 0.1) is 27.7 Å². The summed E-state index contributed by atoms with van der Waals surface area (Å²) in [7, 11) is 0. The Morgan fingerprint density at radius 2 is 1.36 bits per heavy atom. The number of aromatic carboxylic acids is 1. The zero-order valence-electron chi connectivity index (χ0n) is 18.2. The molecule has 0 spiro atoms. The number of esters is 1. The summed E-state index contributed by atoms with van der Waals surface area (Å²) in [6.45, 7) is 6.83. The van der Waals surface area contributed by atoms with Crippen LogP contribution in [0.25, 0.3) is 0 Å². The van der Waals surface area contributed by atoms with E-state index in [1.54, 1.807) is 39.8 Å². The van der Waals surface area contributed by atoms with Crippen molar-refractivity contribution in [1.82, 2.24) is 0 Å². The molecule has 4 rings (SSSR count). The number of carboxylic acid groups (broad SMARTS) is 1. The van der Waals surface area contributed by atoms with Crippen molar-refractivity contribution in [3.63, 3.8) is 0 Å². The summed E-state index contributed by atoms with van der Waals surface area (Å²) in [5.74, 6) is -1.94. The number of aryl methyl sites for hydroxylation is 2. The van der Waals surface area contributed by atoms with Crippen molar-refractivity contribution in [2.24, 2.45) is 0 Å². The molecule has 0 aromatic heterocycles. The second kappa shape index (κ2) is 7.88. The Kier molecular flexibility index (Phi) is 5.57. The molecule has 6 nitrogen and oxygen atoms in total. The Bertz CT molecular complexity index is 1310. The van der Waals surface area contributed by atoms with Gasteiger partial charge in [0.15, 0.2) is 5.60 Å². The number of fused-ring (bicyclic) bond motifs is 1. The van der Waals surface area contributed by atoms with Gasteiger partial charge in [-0.25, -0.2) is 9.59 Å². The highest BCUT2D eigenvalue weighted by Crippen LogP contribution is 2.56. The average Bonchev–Trinajstić information content (AvgIpc) is 3.03. The Morgan fingerprint density at radius 3 is 1.82 bits per heavy atom. The van der Waals surface area contributed by atoms with Crippen molar-refractivity contribution in [2.75, 3.05) is 0 Å². The molecule has 3 aromatic rings. The minimum atomic E-state index is -1.76. The minimum absolute atomic E-state index is 0.00464. The van der Waals surface area contributed by atoms with Crippen molar-refractivity contribution < 1.29 is 29.6 Å². The summed E-state index contributed by atoms with van der Waals surface area (Å²) in [6, 6.07) is 7.79. The monoisotopic (exact) mass is 574 g/mol. The zero-order valence-corrected chi connectivity index (χ0v) is 21.4. The predicted octanol–water partition coefficient (Wildman–Crippen LogP) is 6.02. The van der Waals surface area contributed by atoms with Crippen molar-refractivity contribution >= 4 is 43.8 Å². The van der Waals surface area contributed by atoms with E-state index in [4.69, 9.17) is 4.74 Å². The molecule has 0 atom stereocenters. The number of carbonyl (C=O) groups excluding carboxylic acids is 1. The molecule has 1 aliphatic heterocycles. The molecule has 0 saturated carbocycles. The number of benzene rings is 3. The van der Waals surface area contributed by atoms with Gasteiger partial charge < -0.3 is 20.1 Å². The molecule has 0 unspecified atom stereocenters. The summed E-state index contributed by atoms with van der Waals surface area (Å²) in [5.41, 5.74) is 1.13. The fraction of sp³-hybridized carbons (Fsp3) is 0.200. The number of phenols is 2. The molecule has 170 valence electrons. The Balaban J connectivity index is 2.32. The Labute approximate surface area is 207 Å². The molecule has 0 bridgehead atoms. The van der Waals surface area contributed by atoms with Crippen LogP contribution in [0.15, 0.2) is 39.3 Å². The van der Waals surface area contributed by atoms with Crippen LogP contribution in [-0.4, -0.2) is 27.3 Å². The quantitative estimate of drug-likeness (QED) is 0.330. The van der Waals surface area contributed by atoms with Gasteiger partial charge in [0.1, 0.15) is 11.5 Å².